The topological polar surface area (TPSA) is 12.5 Å². The summed E-state index contributed by atoms with van der Waals surface area (Å²) in [5.41, 5.74) is 2.74. The van der Waals surface area contributed by atoms with Crippen LogP contribution in [0.25, 0.3) is 0 Å². The lowest BCUT2D eigenvalue weighted by atomic mass is 9.94. The van der Waals surface area contributed by atoms with Crippen molar-refractivity contribution < 1.29 is 4.74 Å². The summed E-state index contributed by atoms with van der Waals surface area (Å²) < 4.78 is 5.74. The Hall–Kier alpha value is -0.570. The van der Waals surface area contributed by atoms with Crippen molar-refractivity contribution >= 4 is 12.4 Å². The van der Waals surface area contributed by atoms with E-state index in [0.717, 1.165) is 6.61 Å². The summed E-state index contributed by atoms with van der Waals surface area (Å²) in [6, 6.07) is 8.96. The molecule has 1 aromatic rings. The number of ether oxygens (including phenoxy) is 1. The quantitative estimate of drug-likeness (QED) is 0.732. The van der Waals surface area contributed by atoms with E-state index in [0.29, 0.717) is 6.04 Å². The second kappa shape index (κ2) is 4.97. The monoisotopic (exact) mass is 227 g/mol. The molecule has 2 nitrogen and oxygen atoms in total. The van der Waals surface area contributed by atoms with Crippen molar-refractivity contribution in [2.75, 3.05) is 20.7 Å². The molecule has 2 atom stereocenters. The molecular formula is C12H18ClNO. The fraction of sp³-hybridized carbons (Fsp3) is 0.500. The molecular weight excluding hydrogens is 210 g/mol. The molecule has 0 amide bonds. The third kappa shape index (κ3) is 2.33. The van der Waals surface area contributed by atoms with Crippen LogP contribution < -0.4 is 0 Å². The molecule has 0 aliphatic carbocycles. The Morgan fingerprint density at radius 1 is 1.20 bits per heavy atom. The van der Waals surface area contributed by atoms with Crippen LogP contribution in [-0.4, -0.2) is 25.6 Å². The fourth-order valence-corrected chi connectivity index (χ4v) is 2.03. The summed E-state index contributed by atoms with van der Waals surface area (Å²) in [6.45, 7) is 2.91. The number of hydrogen-bond acceptors (Lipinski definition) is 2. The van der Waals surface area contributed by atoms with Gasteiger partial charge in [0.1, 0.15) is 0 Å². The van der Waals surface area contributed by atoms with E-state index >= 15 is 0 Å². The van der Waals surface area contributed by atoms with Crippen LogP contribution in [0.3, 0.4) is 0 Å². The van der Waals surface area contributed by atoms with E-state index in [1.54, 1.807) is 0 Å². The standard InChI is InChI=1S/C12H17NO.ClH/c1-9-10-6-4-5-7-11(10)12(8-14-9)13(2)3;/h4-7,9,12H,8H2,1-3H3;1H. The first kappa shape index (κ1) is 12.5. The van der Waals surface area contributed by atoms with Crippen LogP contribution in [-0.2, 0) is 4.74 Å². The van der Waals surface area contributed by atoms with Crippen LogP contribution in [0.15, 0.2) is 24.3 Å². The second-order valence-corrected chi connectivity index (χ2v) is 4.08. The van der Waals surface area contributed by atoms with Crippen molar-refractivity contribution in [1.82, 2.24) is 4.90 Å². The molecule has 0 bridgehead atoms. The van der Waals surface area contributed by atoms with E-state index in [1.807, 2.05) is 0 Å². The molecule has 15 heavy (non-hydrogen) atoms. The van der Waals surface area contributed by atoms with Crippen molar-refractivity contribution in [3.8, 4) is 0 Å². The van der Waals surface area contributed by atoms with E-state index in [9.17, 15) is 0 Å². The van der Waals surface area contributed by atoms with Gasteiger partial charge in [0.15, 0.2) is 0 Å². The summed E-state index contributed by atoms with van der Waals surface area (Å²) in [5.74, 6) is 0. The lowest BCUT2D eigenvalue weighted by Crippen LogP contribution is -2.30. The molecule has 3 heteroatoms. The molecule has 0 N–H and O–H groups in total. The summed E-state index contributed by atoms with van der Waals surface area (Å²) in [6.07, 6.45) is 0.238. The number of nitrogens with zero attached hydrogens (tertiary/aromatic N) is 1. The highest BCUT2D eigenvalue weighted by Crippen LogP contribution is 2.33. The van der Waals surface area contributed by atoms with Gasteiger partial charge in [0.05, 0.1) is 18.8 Å². The molecule has 1 heterocycles. The van der Waals surface area contributed by atoms with E-state index < -0.39 is 0 Å². The van der Waals surface area contributed by atoms with Crippen LogP contribution in [0.1, 0.15) is 30.2 Å². The number of benzene rings is 1. The van der Waals surface area contributed by atoms with Crippen molar-refractivity contribution in [3.63, 3.8) is 0 Å². The maximum absolute atomic E-state index is 5.74. The summed E-state index contributed by atoms with van der Waals surface area (Å²) in [4.78, 5) is 2.21. The lowest BCUT2D eigenvalue weighted by Gasteiger charge is -2.33. The van der Waals surface area contributed by atoms with Crippen molar-refractivity contribution in [2.45, 2.75) is 19.1 Å². The van der Waals surface area contributed by atoms with Crippen molar-refractivity contribution in [1.29, 1.82) is 0 Å². The van der Waals surface area contributed by atoms with Gasteiger partial charge in [0, 0.05) is 0 Å². The van der Waals surface area contributed by atoms with E-state index in [-0.39, 0.29) is 18.5 Å². The summed E-state index contributed by atoms with van der Waals surface area (Å²) in [5, 5.41) is 0. The average molecular weight is 228 g/mol. The molecule has 84 valence electrons. The van der Waals surface area contributed by atoms with Crippen molar-refractivity contribution in [2.24, 2.45) is 0 Å². The molecule has 0 aromatic heterocycles. The Morgan fingerprint density at radius 3 is 2.40 bits per heavy atom. The molecule has 1 aromatic carbocycles. The van der Waals surface area contributed by atoms with Crippen molar-refractivity contribution in [3.05, 3.63) is 35.4 Å². The third-order valence-electron chi connectivity index (χ3n) is 2.92. The highest BCUT2D eigenvalue weighted by atomic mass is 35.5. The molecule has 0 fully saturated rings. The molecule has 0 radical (unpaired) electrons. The molecule has 2 rings (SSSR count). The number of hydrogen-bond donors (Lipinski definition) is 0. The first-order chi connectivity index (χ1) is 6.70. The Kier molecular flexibility index (Phi) is 4.14. The SMILES string of the molecule is CC1OCC(N(C)C)c2ccccc21.Cl. The summed E-state index contributed by atoms with van der Waals surface area (Å²) >= 11 is 0. The van der Waals surface area contributed by atoms with Gasteiger partial charge in [-0.3, -0.25) is 0 Å². The molecule has 0 spiro atoms. The zero-order valence-electron chi connectivity index (χ0n) is 9.43. The first-order valence-corrected chi connectivity index (χ1v) is 5.07. The highest BCUT2D eigenvalue weighted by molar-refractivity contribution is 5.85. The third-order valence-corrected chi connectivity index (χ3v) is 2.92. The van der Waals surface area contributed by atoms with Crippen LogP contribution in [0.5, 0.6) is 0 Å². The highest BCUT2D eigenvalue weighted by Gasteiger charge is 2.25. The zero-order valence-corrected chi connectivity index (χ0v) is 10.3. The Morgan fingerprint density at radius 2 is 1.80 bits per heavy atom. The first-order valence-electron chi connectivity index (χ1n) is 5.07. The minimum atomic E-state index is 0. The van der Waals surface area contributed by atoms with Gasteiger partial charge >= 0.3 is 0 Å². The van der Waals surface area contributed by atoms with Gasteiger partial charge < -0.3 is 9.64 Å². The van der Waals surface area contributed by atoms with E-state index in [4.69, 9.17) is 4.74 Å². The Labute approximate surface area is 97.6 Å². The fourth-order valence-electron chi connectivity index (χ4n) is 2.03. The van der Waals surface area contributed by atoms with Crippen LogP contribution >= 0.6 is 12.4 Å². The molecule has 0 saturated heterocycles. The largest absolute Gasteiger partial charge is 0.372 e. The maximum atomic E-state index is 5.74. The molecule has 1 aliphatic rings. The number of fused-ring (bicyclic) bond motifs is 1. The zero-order chi connectivity index (χ0) is 10.1. The smallest absolute Gasteiger partial charge is 0.0801 e. The van der Waals surface area contributed by atoms with Gasteiger partial charge in [-0.15, -0.1) is 12.4 Å². The predicted molar refractivity (Wildman–Crippen MR) is 64.5 cm³/mol. The Bertz CT molecular complexity index is 327. The predicted octanol–water partition coefficient (Wildman–Crippen LogP) is 2.80. The molecule has 0 saturated carbocycles. The van der Waals surface area contributed by atoms with E-state index in [1.165, 1.54) is 11.1 Å². The van der Waals surface area contributed by atoms with E-state index in [2.05, 4.69) is 50.2 Å². The minimum Gasteiger partial charge on any atom is -0.372 e. The van der Waals surface area contributed by atoms with Crippen LogP contribution in [0, 0.1) is 0 Å². The maximum Gasteiger partial charge on any atom is 0.0801 e. The second-order valence-electron chi connectivity index (χ2n) is 4.08. The number of rotatable bonds is 1. The normalized spacial score (nSPS) is 24.5. The summed E-state index contributed by atoms with van der Waals surface area (Å²) in [7, 11) is 4.20. The number of likely N-dealkylation sites (N-methyl/N-ethyl adjacent to an activating group) is 1. The van der Waals surface area contributed by atoms with Gasteiger partial charge in [-0.25, -0.2) is 0 Å². The minimum absolute atomic E-state index is 0. The van der Waals surface area contributed by atoms with Gasteiger partial charge in [-0.05, 0) is 32.1 Å². The van der Waals surface area contributed by atoms with Gasteiger partial charge in [-0.2, -0.15) is 0 Å². The van der Waals surface area contributed by atoms with Crippen LogP contribution in [0.4, 0.5) is 0 Å². The Balaban J connectivity index is 0.00000112. The number of halogens is 1. The van der Waals surface area contributed by atoms with Gasteiger partial charge in [0.2, 0.25) is 0 Å². The average Bonchev–Trinajstić information content (AvgIpc) is 2.18. The van der Waals surface area contributed by atoms with Gasteiger partial charge in [0.25, 0.3) is 0 Å². The van der Waals surface area contributed by atoms with Gasteiger partial charge in [-0.1, -0.05) is 24.3 Å². The van der Waals surface area contributed by atoms with Crippen LogP contribution in [0.2, 0.25) is 0 Å². The molecule has 2 unspecified atom stereocenters. The molecule has 1 aliphatic heterocycles. The lowest BCUT2D eigenvalue weighted by molar-refractivity contribution is 0.00948.